The van der Waals surface area contributed by atoms with Gasteiger partial charge in [0.25, 0.3) is 0 Å². The molecule has 2 aromatic carbocycles. The number of likely N-dealkylation sites (tertiary alicyclic amines) is 1. The van der Waals surface area contributed by atoms with E-state index in [9.17, 15) is 18.0 Å². The predicted octanol–water partition coefficient (Wildman–Crippen LogP) is 4.71. The van der Waals surface area contributed by atoms with E-state index in [4.69, 9.17) is 0 Å². The Kier molecular flexibility index (Phi) is 6.00. The maximum Gasteiger partial charge on any atom is 0.416 e. The Labute approximate surface area is 178 Å². The van der Waals surface area contributed by atoms with Crippen molar-refractivity contribution in [3.8, 4) is 0 Å². The number of halogens is 3. The molecular formula is C23H25F3N4O. The standard InChI is InChI=1S/C23H25F3N4O/c1-16-27-20-4-2-3-5-21(20)30(16)14-17-10-12-29(13-11-17)15-22(31)28-19-8-6-18(7-9-19)23(24,25)26/h2-9,17H,10-15H2,1H3,(H,28,31). The molecule has 5 nitrogen and oxygen atoms in total. The number of hydrogen-bond acceptors (Lipinski definition) is 3. The third-order valence-corrected chi connectivity index (χ3v) is 5.86. The highest BCUT2D eigenvalue weighted by Gasteiger charge is 2.30. The fourth-order valence-electron chi connectivity index (χ4n) is 4.16. The number of fused-ring (bicyclic) bond motifs is 1. The van der Waals surface area contributed by atoms with Gasteiger partial charge in [0, 0.05) is 12.2 Å². The minimum atomic E-state index is -4.38. The molecule has 1 N–H and O–H groups in total. The van der Waals surface area contributed by atoms with Gasteiger partial charge >= 0.3 is 6.18 Å². The largest absolute Gasteiger partial charge is 0.416 e. The first-order chi connectivity index (χ1) is 14.8. The summed E-state index contributed by atoms with van der Waals surface area (Å²) in [4.78, 5) is 19.0. The maximum absolute atomic E-state index is 12.6. The summed E-state index contributed by atoms with van der Waals surface area (Å²) in [6, 6.07) is 12.7. The van der Waals surface area contributed by atoms with Crippen LogP contribution in [0.2, 0.25) is 0 Å². The number of aryl methyl sites for hydroxylation is 1. The van der Waals surface area contributed by atoms with Gasteiger partial charge in [-0.05, 0) is 75.2 Å². The average molecular weight is 430 g/mol. The zero-order chi connectivity index (χ0) is 22.0. The van der Waals surface area contributed by atoms with Gasteiger partial charge in [0.2, 0.25) is 5.91 Å². The molecule has 0 saturated carbocycles. The zero-order valence-corrected chi connectivity index (χ0v) is 17.3. The molecule has 0 radical (unpaired) electrons. The van der Waals surface area contributed by atoms with E-state index in [1.165, 1.54) is 12.1 Å². The molecule has 3 aromatic rings. The first-order valence-corrected chi connectivity index (χ1v) is 10.4. The summed E-state index contributed by atoms with van der Waals surface area (Å²) >= 11 is 0. The SMILES string of the molecule is Cc1nc2ccccc2n1CC1CCN(CC(=O)Nc2ccc(C(F)(F)F)cc2)CC1. The van der Waals surface area contributed by atoms with Gasteiger partial charge in [-0.3, -0.25) is 9.69 Å². The minimum absolute atomic E-state index is 0.213. The Morgan fingerprint density at radius 2 is 1.77 bits per heavy atom. The summed E-state index contributed by atoms with van der Waals surface area (Å²) in [7, 11) is 0. The van der Waals surface area contributed by atoms with Crippen molar-refractivity contribution in [1.82, 2.24) is 14.5 Å². The highest BCUT2D eigenvalue weighted by atomic mass is 19.4. The molecule has 164 valence electrons. The van der Waals surface area contributed by atoms with Crippen molar-refractivity contribution in [2.75, 3.05) is 25.0 Å². The third-order valence-electron chi connectivity index (χ3n) is 5.86. The van der Waals surface area contributed by atoms with Gasteiger partial charge in [0.05, 0.1) is 23.1 Å². The van der Waals surface area contributed by atoms with E-state index in [2.05, 4.69) is 25.8 Å². The van der Waals surface area contributed by atoms with Crippen LogP contribution in [0.15, 0.2) is 48.5 Å². The topological polar surface area (TPSA) is 50.2 Å². The Morgan fingerprint density at radius 1 is 1.10 bits per heavy atom. The molecule has 4 rings (SSSR count). The molecule has 1 amide bonds. The number of aromatic nitrogens is 2. The van der Waals surface area contributed by atoms with Gasteiger partial charge in [0.1, 0.15) is 5.82 Å². The summed E-state index contributed by atoms with van der Waals surface area (Å²) in [5, 5.41) is 2.68. The molecule has 0 unspecified atom stereocenters. The van der Waals surface area contributed by atoms with Crippen molar-refractivity contribution in [2.24, 2.45) is 5.92 Å². The highest BCUT2D eigenvalue weighted by molar-refractivity contribution is 5.92. The summed E-state index contributed by atoms with van der Waals surface area (Å²) in [5.74, 6) is 1.32. The first kappa shape index (κ1) is 21.4. The second-order valence-electron chi connectivity index (χ2n) is 8.10. The number of nitrogens with zero attached hydrogens (tertiary/aromatic N) is 3. The van der Waals surface area contributed by atoms with E-state index in [1.54, 1.807) is 0 Å². The molecule has 0 atom stereocenters. The third kappa shape index (κ3) is 5.07. The van der Waals surface area contributed by atoms with E-state index >= 15 is 0 Å². The number of carbonyl (C=O) groups excluding carboxylic acids is 1. The fraction of sp³-hybridized carbons (Fsp3) is 0.391. The molecule has 1 saturated heterocycles. The van der Waals surface area contributed by atoms with Crippen LogP contribution in [0.1, 0.15) is 24.2 Å². The molecule has 0 spiro atoms. The van der Waals surface area contributed by atoms with Crippen LogP contribution in [0, 0.1) is 12.8 Å². The van der Waals surface area contributed by atoms with Crippen LogP contribution in [-0.2, 0) is 17.5 Å². The van der Waals surface area contributed by atoms with Crippen molar-refractivity contribution in [3.63, 3.8) is 0 Å². The Bertz CT molecular complexity index is 1050. The highest BCUT2D eigenvalue weighted by Crippen LogP contribution is 2.30. The molecule has 31 heavy (non-hydrogen) atoms. The van der Waals surface area contributed by atoms with E-state index in [0.717, 1.165) is 61.5 Å². The van der Waals surface area contributed by atoms with Crippen molar-refractivity contribution in [2.45, 2.75) is 32.5 Å². The van der Waals surface area contributed by atoms with Crippen molar-refractivity contribution in [1.29, 1.82) is 0 Å². The molecule has 1 fully saturated rings. The lowest BCUT2D eigenvalue weighted by Crippen LogP contribution is -2.40. The molecule has 8 heteroatoms. The van der Waals surface area contributed by atoms with Crippen LogP contribution < -0.4 is 5.32 Å². The van der Waals surface area contributed by atoms with Crippen molar-refractivity contribution < 1.29 is 18.0 Å². The molecule has 2 heterocycles. The number of alkyl halides is 3. The number of benzene rings is 2. The van der Waals surface area contributed by atoms with Gasteiger partial charge in [-0.2, -0.15) is 13.2 Å². The predicted molar refractivity (Wildman–Crippen MR) is 114 cm³/mol. The van der Waals surface area contributed by atoms with Crippen LogP contribution in [0.25, 0.3) is 11.0 Å². The number of rotatable bonds is 5. The number of piperidine rings is 1. The first-order valence-electron chi connectivity index (χ1n) is 10.4. The van der Waals surface area contributed by atoms with E-state index in [-0.39, 0.29) is 12.5 Å². The number of carbonyl (C=O) groups is 1. The molecular weight excluding hydrogens is 405 g/mol. The fourth-order valence-corrected chi connectivity index (χ4v) is 4.16. The molecule has 0 bridgehead atoms. The van der Waals surface area contributed by atoms with Gasteiger partial charge in [-0.25, -0.2) is 4.98 Å². The Hall–Kier alpha value is -2.87. The number of imidazole rings is 1. The Morgan fingerprint density at radius 3 is 2.45 bits per heavy atom. The molecule has 1 aliphatic heterocycles. The summed E-state index contributed by atoms with van der Waals surface area (Å²) in [6.07, 6.45) is -2.41. The number of hydrogen-bond donors (Lipinski definition) is 1. The van der Waals surface area contributed by atoms with Gasteiger partial charge in [-0.15, -0.1) is 0 Å². The number of anilines is 1. The van der Waals surface area contributed by atoms with Crippen LogP contribution in [0.3, 0.4) is 0 Å². The maximum atomic E-state index is 12.6. The quantitative estimate of drug-likeness (QED) is 0.638. The number of para-hydroxylation sites is 2. The summed E-state index contributed by atoms with van der Waals surface area (Å²) < 4.78 is 40.2. The van der Waals surface area contributed by atoms with Gasteiger partial charge < -0.3 is 9.88 Å². The van der Waals surface area contributed by atoms with E-state index in [1.807, 2.05) is 25.1 Å². The van der Waals surface area contributed by atoms with Gasteiger partial charge in [-0.1, -0.05) is 12.1 Å². The number of nitrogens with one attached hydrogen (secondary N) is 1. The van der Waals surface area contributed by atoms with Crippen LogP contribution in [0.4, 0.5) is 18.9 Å². The Balaban J connectivity index is 1.27. The van der Waals surface area contributed by atoms with E-state index in [0.29, 0.717) is 11.6 Å². The normalized spacial score (nSPS) is 16.0. The lowest BCUT2D eigenvalue weighted by atomic mass is 9.96. The van der Waals surface area contributed by atoms with Crippen LogP contribution in [-0.4, -0.2) is 40.0 Å². The second kappa shape index (κ2) is 8.70. The molecule has 0 aliphatic carbocycles. The summed E-state index contributed by atoms with van der Waals surface area (Å²) in [5.41, 5.74) is 1.81. The summed E-state index contributed by atoms with van der Waals surface area (Å²) in [6.45, 7) is 4.81. The second-order valence-corrected chi connectivity index (χ2v) is 8.10. The van der Waals surface area contributed by atoms with Crippen molar-refractivity contribution in [3.05, 3.63) is 59.9 Å². The molecule has 1 aliphatic rings. The average Bonchev–Trinajstić information content (AvgIpc) is 3.04. The smallest absolute Gasteiger partial charge is 0.328 e. The molecule has 1 aromatic heterocycles. The minimum Gasteiger partial charge on any atom is -0.328 e. The zero-order valence-electron chi connectivity index (χ0n) is 17.3. The van der Waals surface area contributed by atoms with Crippen molar-refractivity contribution >= 4 is 22.6 Å². The monoisotopic (exact) mass is 430 g/mol. The van der Waals surface area contributed by atoms with Crippen LogP contribution >= 0.6 is 0 Å². The lowest BCUT2D eigenvalue weighted by molar-refractivity contribution is -0.137. The van der Waals surface area contributed by atoms with E-state index < -0.39 is 11.7 Å². The van der Waals surface area contributed by atoms with Gasteiger partial charge in [0.15, 0.2) is 0 Å². The lowest BCUT2D eigenvalue weighted by Gasteiger charge is -2.31. The number of amides is 1. The van der Waals surface area contributed by atoms with Crippen LogP contribution in [0.5, 0.6) is 0 Å².